The van der Waals surface area contributed by atoms with Crippen molar-refractivity contribution in [3.05, 3.63) is 34.9 Å². The van der Waals surface area contributed by atoms with Crippen molar-refractivity contribution in [2.45, 2.75) is 32.1 Å². The standard InChI is InChI=1S/C14H16O3/c1-9(15)12-5-3-4-10-6-7-11(14(10)12)8-13(16)17-2/h3-5,11H,6-8H2,1-2H3. The minimum atomic E-state index is -0.207. The molecule has 1 aromatic rings. The molecule has 0 amide bonds. The van der Waals surface area contributed by atoms with E-state index in [9.17, 15) is 9.59 Å². The molecule has 0 radical (unpaired) electrons. The average molecular weight is 232 g/mol. The van der Waals surface area contributed by atoms with Crippen LogP contribution in [0, 0.1) is 0 Å². The smallest absolute Gasteiger partial charge is 0.306 e. The van der Waals surface area contributed by atoms with E-state index in [0.29, 0.717) is 6.42 Å². The zero-order valence-corrected chi connectivity index (χ0v) is 10.2. The van der Waals surface area contributed by atoms with E-state index in [1.54, 1.807) is 6.92 Å². The molecule has 1 aliphatic carbocycles. The van der Waals surface area contributed by atoms with Crippen LogP contribution in [0.2, 0.25) is 0 Å². The molecule has 0 saturated carbocycles. The molecule has 2 rings (SSSR count). The molecule has 0 N–H and O–H groups in total. The lowest BCUT2D eigenvalue weighted by Crippen LogP contribution is -2.09. The quantitative estimate of drug-likeness (QED) is 0.594. The summed E-state index contributed by atoms with van der Waals surface area (Å²) in [6.07, 6.45) is 2.24. The Kier molecular flexibility index (Phi) is 3.27. The van der Waals surface area contributed by atoms with Crippen molar-refractivity contribution in [2.24, 2.45) is 0 Å². The van der Waals surface area contributed by atoms with Crippen LogP contribution < -0.4 is 0 Å². The van der Waals surface area contributed by atoms with Crippen LogP contribution in [0.1, 0.15) is 47.2 Å². The van der Waals surface area contributed by atoms with Gasteiger partial charge in [0.2, 0.25) is 0 Å². The largest absolute Gasteiger partial charge is 0.469 e. The molecule has 0 saturated heterocycles. The van der Waals surface area contributed by atoms with Gasteiger partial charge in [0.15, 0.2) is 5.78 Å². The molecule has 1 atom stereocenters. The van der Waals surface area contributed by atoms with Gasteiger partial charge in [0.1, 0.15) is 0 Å². The summed E-state index contributed by atoms with van der Waals surface area (Å²) >= 11 is 0. The number of benzene rings is 1. The van der Waals surface area contributed by atoms with Crippen molar-refractivity contribution in [3.63, 3.8) is 0 Å². The Morgan fingerprint density at radius 1 is 1.41 bits per heavy atom. The number of esters is 1. The highest BCUT2D eigenvalue weighted by Gasteiger charge is 2.28. The molecular weight excluding hydrogens is 216 g/mol. The van der Waals surface area contributed by atoms with Gasteiger partial charge in [-0.05, 0) is 36.8 Å². The van der Waals surface area contributed by atoms with Gasteiger partial charge in [0.05, 0.1) is 13.5 Å². The third kappa shape index (κ3) is 2.23. The summed E-state index contributed by atoms with van der Waals surface area (Å²) < 4.78 is 4.70. The lowest BCUT2D eigenvalue weighted by atomic mass is 9.92. The molecule has 0 aromatic heterocycles. The second-order valence-corrected chi connectivity index (χ2v) is 4.45. The van der Waals surface area contributed by atoms with Crippen LogP contribution in [0.15, 0.2) is 18.2 Å². The predicted molar refractivity (Wildman–Crippen MR) is 64.1 cm³/mol. The third-order valence-electron chi connectivity index (χ3n) is 3.39. The van der Waals surface area contributed by atoms with Crippen molar-refractivity contribution in [1.82, 2.24) is 0 Å². The Balaban J connectivity index is 2.35. The Morgan fingerprint density at radius 3 is 2.82 bits per heavy atom. The van der Waals surface area contributed by atoms with Crippen LogP contribution in [0.5, 0.6) is 0 Å². The van der Waals surface area contributed by atoms with E-state index in [2.05, 4.69) is 0 Å². The summed E-state index contributed by atoms with van der Waals surface area (Å²) in [7, 11) is 1.40. The number of fused-ring (bicyclic) bond motifs is 1. The van der Waals surface area contributed by atoms with Crippen molar-refractivity contribution >= 4 is 11.8 Å². The number of hydrogen-bond acceptors (Lipinski definition) is 3. The van der Waals surface area contributed by atoms with Crippen molar-refractivity contribution in [3.8, 4) is 0 Å². The summed E-state index contributed by atoms with van der Waals surface area (Å²) in [4.78, 5) is 22.9. The molecule has 90 valence electrons. The topological polar surface area (TPSA) is 43.4 Å². The monoisotopic (exact) mass is 232 g/mol. The lowest BCUT2D eigenvalue weighted by molar-refractivity contribution is -0.141. The molecule has 1 unspecified atom stereocenters. The fourth-order valence-electron chi connectivity index (χ4n) is 2.58. The van der Waals surface area contributed by atoms with E-state index in [1.165, 1.54) is 12.7 Å². The van der Waals surface area contributed by atoms with E-state index in [-0.39, 0.29) is 17.7 Å². The average Bonchev–Trinajstić information content (AvgIpc) is 2.72. The van der Waals surface area contributed by atoms with Gasteiger partial charge in [-0.3, -0.25) is 9.59 Å². The highest BCUT2D eigenvalue weighted by Crippen LogP contribution is 2.38. The fourth-order valence-corrected chi connectivity index (χ4v) is 2.58. The van der Waals surface area contributed by atoms with E-state index in [0.717, 1.165) is 24.0 Å². The van der Waals surface area contributed by atoms with Crippen molar-refractivity contribution in [2.75, 3.05) is 7.11 Å². The summed E-state index contributed by atoms with van der Waals surface area (Å²) in [5, 5.41) is 0. The van der Waals surface area contributed by atoms with Crippen LogP contribution in [0.3, 0.4) is 0 Å². The van der Waals surface area contributed by atoms with Gasteiger partial charge in [0.25, 0.3) is 0 Å². The zero-order chi connectivity index (χ0) is 12.4. The van der Waals surface area contributed by atoms with Gasteiger partial charge < -0.3 is 4.74 Å². The number of carbonyl (C=O) groups is 2. The number of rotatable bonds is 3. The number of hydrogen-bond donors (Lipinski definition) is 0. The Morgan fingerprint density at radius 2 is 2.18 bits per heavy atom. The maximum Gasteiger partial charge on any atom is 0.306 e. The first-order valence-electron chi connectivity index (χ1n) is 5.83. The predicted octanol–water partition coefficient (Wildman–Crippen LogP) is 2.48. The maximum absolute atomic E-state index is 11.6. The Hall–Kier alpha value is -1.64. The minimum absolute atomic E-state index is 0.0682. The molecular formula is C14H16O3. The molecule has 3 nitrogen and oxygen atoms in total. The van der Waals surface area contributed by atoms with Gasteiger partial charge >= 0.3 is 5.97 Å². The van der Waals surface area contributed by atoms with Gasteiger partial charge in [-0.25, -0.2) is 0 Å². The van der Waals surface area contributed by atoms with Gasteiger partial charge in [0, 0.05) is 5.56 Å². The highest BCUT2D eigenvalue weighted by atomic mass is 16.5. The van der Waals surface area contributed by atoms with Crippen molar-refractivity contribution < 1.29 is 14.3 Å². The third-order valence-corrected chi connectivity index (χ3v) is 3.39. The number of methoxy groups -OCH3 is 1. The van der Waals surface area contributed by atoms with Gasteiger partial charge in [-0.1, -0.05) is 18.2 Å². The van der Waals surface area contributed by atoms with Crippen LogP contribution in [-0.4, -0.2) is 18.9 Å². The molecule has 0 aliphatic heterocycles. The van der Waals surface area contributed by atoms with Crippen LogP contribution in [0.25, 0.3) is 0 Å². The summed E-state index contributed by atoms with van der Waals surface area (Å²) in [6.45, 7) is 1.57. The number of Topliss-reactive ketones (excluding diaryl/α,β-unsaturated/α-hetero) is 1. The number of ketones is 1. The summed E-state index contributed by atoms with van der Waals surface area (Å²) in [5.74, 6) is -0.00243. The number of ether oxygens (including phenoxy) is 1. The van der Waals surface area contributed by atoms with Gasteiger partial charge in [-0.2, -0.15) is 0 Å². The Labute approximate surface area is 101 Å². The lowest BCUT2D eigenvalue weighted by Gasteiger charge is -2.13. The highest BCUT2D eigenvalue weighted by molar-refractivity contribution is 5.96. The molecule has 0 spiro atoms. The number of carbonyl (C=O) groups excluding carboxylic acids is 2. The zero-order valence-electron chi connectivity index (χ0n) is 10.2. The van der Waals surface area contributed by atoms with Crippen LogP contribution in [0.4, 0.5) is 0 Å². The SMILES string of the molecule is COC(=O)CC1CCc2cccc(C(C)=O)c21. The van der Waals surface area contributed by atoms with Crippen LogP contribution >= 0.6 is 0 Å². The molecule has 0 heterocycles. The summed E-state index contributed by atoms with van der Waals surface area (Å²) in [6, 6.07) is 5.80. The molecule has 0 fully saturated rings. The summed E-state index contributed by atoms with van der Waals surface area (Å²) in [5.41, 5.74) is 3.02. The molecule has 1 aliphatic rings. The Bertz CT molecular complexity index is 463. The van der Waals surface area contributed by atoms with Gasteiger partial charge in [-0.15, -0.1) is 0 Å². The first kappa shape index (κ1) is 11.8. The van der Waals surface area contributed by atoms with Crippen molar-refractivity contribution in [1.29, 1.82) is 0 Å². The first-order valence-corrected chi connectivity index (χ1v) is 5.83. The number of aryl methyl sites for hydroxylation is 1. The first-order chi connectivity index (χ1) is 8.13. The molecule has 0 bridgehead atoms. The van der Waals surface area contributed by atoms with E-state index in [4.69, 9.17) is 4.74 Å². The maximum atomic E-state index is 11.6. The van der Waals surface area contributed by atoms with E-state index < -0.39 is 0 Å². The van der Waals surface area contributed by atoms with Crippen LogP contribution in [-0.2, 0) is 16.0 Å². The normalized spacial score (nSPS) is 17.6. The van der Waals surface area contributed by atoms with E-state index >= 15 is 0 Å². The molecule has 3 heteroatoms. The molecule has 1 aromatic carbocycles. The second kappa shape index (κ2) is 4.70. The van der Waals surface area contributed by atoms with E-state index in [1.807, 2.05) is 18.2 Å². The minimum Gasteiger partial charge on any atom is -0.469 e. The molecule has 17 heavy (non-hydrogen) atoms. The second-order valence-electron chi connectivity index (χ2n) is 4.45. The fraction of sp³-hybridized carbons (Fsp3) is 0.429.